The van der Waals surface area contributed by atoms with Gasteiger partial charge in [0.1, 0.15) is 5.65 Å². The Bertz CT molecular complexity index is 736. The van der Waals surface area contributed by atoms with E-state index >= 15 is 0 Å². The number of aromatic nitrogens is 2. The molecule has 0 saturated heterocycles. The summed E-state index contributed by atoms with van der Waals surface area (Å²) < 4.78 is 2.12. The van der Waals surface area contributed by atoms with Gasteiger partial charge < -0.3 is 14.8 Å². The first-order valence-corrected chi connectivity index (χ1v) is 8.39. The fourth-order valence-corrected chi connectivity index (χ4v) is 3.35. The maximum Gasteiger partial charge on any atom is 0.139 e. The summed E-state index contributed by atoms with van der Waals surface area (Å²) in [5, 5.41) is 15.7. The molecule has 2 N–H and O–H groups in total. The number of thiophene rings is 1. The molecule has 0 aliphatic rings. The summed E-state index contributed by atoms with van der Waals surface area (Å²) in [6.45, 7) is 4.91. The van der Waals surface area contributed by atoms with E-state index in [9.17, 15) is 5.11 Å². The summed E-state index contributed by atoms with van der Waals surface area (Å²) in [6, 6.07) is 8.29. The lowest BCUT2D eigenvalue weighted by molar-refractivity contribution is 0.157. The topological polar surface area (TPSA) is 49.6 Å². The minimum Gasteiger partial charge on any atom is -0.388 e. The van der Waals surface area contributed by atoms with Crippen molar-refractivity contribution in [3.63, 3.8) is 0 Å². The highest BCUT2D eigenvalue weighted by Gasteiger charge is 2.13. The molecular weight excluding hydrogens is 294 g/mol. The molecular formula is C17H21N3OS. The highest BCUT2D eigenvalue weighted by molar-refractivity contribution is 7.10. The van der Waals surface area contributed by atoms with Gasteiger partial charge in [-0.2, -0.15) is 0 Å². The molecule has 0 saturated carbocycles. The van der Waals surface area contributed by atoms with Gasteiger partial charge in [-0.15, -0.1) is 11.3 Å². The Morgan fingerprint density at radius 3 is 3.00 bits per heavy atom. The Kier molecular flexibility index (Phi) is 4.57. The molecule has 0 spiro atoms. The number of hydrogen-bond acceptors (Lipinski definition) is 4. The van der Waals surface area contributed by atoms with Gasteiger partial charge in [0.2, 0.25) is 0 Å². The number of pyridine rings is 1. The van der Waals surface area contributed by atoms with Crippen molar-refractivity contribution in [2.45, 2.75) is 39.0 Å². The van der Waals surface area contributed by atoms with Crippen molar-refractivity contribution in [1.29, 1.82) is 0 Å². The minimum atomic E-state index is -0.396. The van der Waals surface area contributed by atoms with Crippen LogP contribution in [-0.4, -0.2) is 20.5 Å². The molecule has 3 heterocycles. The van der Waals surface area contributed by atoms with E-state index in [0.29, 0.717) is 6.42 Å². The fraction of sp³-hybridized carbons (Fsp3) is 0.353. The molecule has 3 aromatic rings. The second-order valence-corrected chi connectivity index (χ2v) is 6.66. The normalized spacial score (nSPS) is 14.3. The number of fused-ring (bicyclic) bond motifs is 1. The van der Waals surface area contributed by atoms with Gasteiger partial charge in [0.15, 0.2) is 0 Å². The van der Waals surface area contributed by atoms with E-state index in [1.54, 1.807) is 11.3 Å². The first-order chi connectivity index (χ1) is 10.6. The zero-order chi connectivity index (χ0) is 15.5. The first kappa shape index (κ1) is 15.2. The zero-order valence-electron chi connectivity index (χ0n) is 12.9. The molecule has 0 amide bonds. The minimum absolute atomic E-state index is 0.229. The monoisotopic (exact) mass is 315 g/mol. The molecule has 0 aromatic carbocycles. The highest BCUT2D eigenvalue weighted by atomic mass is 32.1. The Morgan fingerprint density at radius 1 is 1.36 bits per heavy atom. The maximum atomic E-state index is 10.2. The predicted molar refractivity (Wildman–Crippen MR) is 90.1 cm³/mol. The summed E-state index contributed by atoms with van der Waals surface area (Å²) in [6.07, 6.45) is 4.26. The third kappa shape index (κ3) is 3.21. The lowest BCUT2D eigenvalue weighted by Crippen LogP contribution is -2.27. The third-order valence-electron chi connectivity index (χ3n) is 3.89. The van der Waals surface area contributed by atoms with Crippen molar-refractivity contribution >= 4 is 17.0 Å². The van der Waals surface area contributed by atoms with Crippen molar-refractivity contribution in [3.8, 4) is 0 Å². The quantitative estimate of drug-likeness (QED) is 0.734. The Balaban J connectivity index is 1.60. The van der Waals surface area contributed by atoms with E-state index in [-0.39, 0.29) is 6.04 Å². The zero-order valence-corrected chi connectivity index (χ0v) is 13.7. The van der Waals surface area contributed by atoms with E-state index < -0.39 is 6.10 Å². The van der Waals surface area contributed by atoms with Crippen LogP contribution < -0.4 is 5.32 Å². The molecule has 0 unspecified atom stereocenters. The van der Waals surface area contributed by atoms with Crippen LogP contribution in [0.1, 0.15) is 35.6 Å². The van der Waals surface area contributed by atoms with E-state index in [4.69, 9.17) is 0 Å². The van der Waals surface area contributed by atoms with Crippen molar-refractivity contribution in [2.24, 2.45) is 0 Å². The molecule has 4 nitrogen and oxygen atoms in total. The number of rotatable bonds is 6. The van der Waals surface area contributed by atoms with Crippen LogP contribution in [0.2, 0.25) is 0 Å². The lowest BCUT2D eigenvalue weighted by atomic mass is 10.1. The number of hydrogen-bond donors (Lipinski definition) is 2. The molecule has 0 bridgehead atoms. The van der Waals surface area contributed by atoms with Gasteiger partial charge in [-0.25, -0.2) is 4.98 Å². The van der Waals surface area contributed by atoms with Gasteiger partial charge in [0, 0.05) is 23.7 Å². The van der Waals surface area contributed by atoms with Gasteiger partial charge in [0.25, 0.3) is 0 Å². The lowest BCUT2D eigenvalue weighted by Gasteiger charge is -2.17. The average Bonchev–Trinajstić information content (AvgIpc) is 3.15. The van der Waals surface area contributed by atoms with Crippen LogP contribution in [0.25, 0.3) is 5.65 Å². The molecule has 3 aromatic heterocycles. The third-order valence-corrected chi connectivity index (χ3v) is 4.86. The van der Waals surface area contributed by atoms with Crippen LogP contribution in [-0.2, 0) is 6.54 Å². The smallest absolute Gasteiger partial charge is 0.139 e. The van der Waals surface area contributed by atoms with Gasteiger partial charge in [0.05, 0.1) is 18.0 Å². The summed E-state index contributed by atoms with van der Waals surface area (Å²) in [4.78, 5) is 5.50. The van der Waals surface area contributed by atoms with Gasteiger partial charge in [-0.05, 0) is 43.3 Å². The molecule has 0 aliphatic carbocycles. The molecule has 116 valence electrons. The predicted octanol–water partition coefficient (Wildman–Crippen LogP) is 3.31. The molecule has 5 heteroatoms. The molecule has 0 fully saturated rings. The van der Waals surface area contributed by atoms with Gasteiger partial charge >= 0.3 is 0 Å². The average molecular weight is 315 g/mol. The largest absolute Gasteiger partial charge is 0.388 e. The fourth-order valence-electron chi connectivity index (χ4n) is 2.63. The van der Waals surface area contributed by atoms with Crippen LogP contribution in [0, 0.1) is 6.92 Å². The standard InChI is InChI=1S/C17H21N3OS/c1-12-5-3-7-20-14(11-19-17(12)20)10-18-13(2)9-15(21)16-6-4-8-22-16/h3-8,11,13,15,18,21H,9-10H2,1-2H3/t13-,15+/m0/s1. The number of aryl methyl sites for hydroxylation is 1. The van der Waals surface area contributed by atoms with Crippen LogP contribution in [0.4, 0.5) is 0 Å². The number of nitrogens with one attached hydrogen (secondary N) is 1. The Labute approximate surface area is 134 Å². The molecule has 3 rings (SSSR count). The number of imidazole rings is 1. The summed E-state index contributed by atoms with van der Waals surface area (Å²) in [5.74, 6) is 0. The SMILES string of the molecule is Cc1cccn2c(CN[C@@H](C)C[C@@H](O)c3cccs3)cnc12. The Hall–Kier alpha value is -1.69. The first-order valence-electron chi connectivity index (χ1n) is 7.51. The van der Waals surface area contributed by atoms with E-state index in [1.807, 2.05) is 36.0 Å². The Morgan fingerprint density at radius 2 is 2.23 bits per heavy atom. The second-order valence-electron chi connectivity index (χ2n) is 5.68. The maximum absolute atomic E-state index is 10.2. The molecule has 2 atom stereocenters. The molecule has 22 heavy (non-hydrogen) atoms. The number of aliphatic hydroxyl groups excluding tert-OH is 1. The van der Waals surface area contributed by atoms with Crippen LogP contribution in [0.5, 0.6) is 0 Å². The van der Waals surface area contributed by atoms with Crippen LogP contribution in [0.3, 0.4) is 0 Å². The molecule has 0 radical (unpaired) electrons. The second kappa shape index (κ2) is 6.60. The van der Waals surface area contributed by atoms with Crippen LogP contribution in [0.15, 0.2) is 42.0 Å². The van der Waals surface area contributed by atoms with Gasteiger partial charge in [-0.1, -0.05) is 12.1 Å². The summed E-state index contributed by atoms with van der Waals surface area (Å²) in [7, 11) is 0. The summed E-state index contributed by atoms with van der Waals surface area (Å²) in [5.41, 5.74) is 3.32. The number of aliphatic hydroxyl groups is 1. The van der Waals surface area contributed by atoms with Crippen LogP contribution >= 0.6 is 11.3 Å². The van der Waals surface area contributed by atoms with E-state index in [0.717, 1.165) is 22.8 Å². The van der Waals surface area contributed by atoms with Crippen molar-refractivity contribution < 1.29 is 5.11 Å². The van der Waals surface area contributed by atoms with Crippen molar-refractivity contribution in [2.75, 3.05) is 0 Å². The van der Waals surface area contributed by atoms with Crippen molar-refractivity contribution in [1.82, 2.24) is 14.7 Å². The van der Waals surface area contributed by atoms with Crippen molar-refractivity contribution in [3.05, 3.63) is 58.2 Å². The number of nitrogens with zero attached hydrogens (tertiary/aromatic N) is 2. The summed E-state index contributed by atoms with van der Waals surface area (Å²) >= 11 is 1.60. The van der Waals surface area contributed by atoms with E-state index in [1.165, 1.54) is 5.56 Å². The highest BCUT2D eigenvalue weighted by Crippen LogP contribution is 2.23. The van der Waals surface area contributed by atoms with E-state index in [2.05, 4.69) is 34.6 Å². The molecule has 0 aliphatic heterocycles. The van der Waals surface area contributed by atoms with Gasteiger partial charge in [-0.3, -0.25) is 0 Å².